The number of carbonyl (C=O) groups is 1. The Morgan fingerprint density at radius 3 is 2.53 bits per heavy atom. The SMILES string of the molecule is CCOc1ccc(C(CNC(=O)/C=C/c2ccc(OC(F)F)cc2)N2CCOCC2)cc1OC. The maximum atomic E-state index is 12.5. The van der Waals surface area contributed by atoms with Crippen LogP contribution in [0.4, 0.5) is 8.78 Å². The lowest BCUT2D eigenvalue weighted by Crippen LogP contribution is -2.43. The zero-order valence-corrected chi connectivity index (χ0v) is 19.3. The van der Waals surface area contributed by atoms with E-state index in [4.69, 9.17) is 14.2 Å². The number of rotatable bonds is 11. The predicted octanol–water partition coefficient (Wildman–Crippen LogP) is 3.90. The van der Waals surface area contributed by atoms with E-state index in [1.807, 2.05) is 25.1 Å². The van der Waals surface area contributed by atoms with Crippen molar-refractivity contribution in [2.75, 3.05) is 46.6 Å². The van der Waals surface area contributed by atoms with Gasteiger partial charge in [-0.25, -0.2) is 0 Å². The quantitative estimate of drug-likeness (QED) is 0.496. The van der Waals surface area contributed by atoms with E-state index in [0.29, 0.717) is 43.4 Å². The van der Waals surface area contributed by atoms with Gasteiger partial charge in [-0.05, 0) is 48.4 Å². The van der Waals surface area contributed by atoms with Crippen LogP contribution in [-0.2, 0) is 9.53 Å². The summed E-state index contributed by atoms with van der Waals surface area (Å²) in [6.07, 6.45) is 3.03. The number of nitrogens with zero attached hydrogens (tertiary/aromatic N) is 1. The van der Waals surface area contributed by atoms with E-state index in [1.165, 1.54) is 18.2 Å². The Balaban J connectivity index is 1.67. The van der Waals surface area contributed by atoms with Crippen LogP contribution >= 0.6 is 0 Å². The van der Waals surface area contributed by atoms with Gasteiger partial charge in [-0.2, -0.15) is 8.78 Å². The highest BCUT2D eigenvalue weighted by molar-refractivity contribution is 5.91. The minimum absolute atomic E-state index is 0.0655. The second-order valence-electron chi connectivity index (χ2n) is 7.53. The molecule has 0 aliphatic carbocycles. The summed E-state index contributed by atoms with van der Waals surface area (Å²) in [5.74, 6) is 1.12. The monoisotopic (exact) mass is 476 g/mol. The third kappa shape index (κ3) is 7.43. The first-order chi connectivity index (χ1) is 16.5. The lowest BCUT2D eigenvalue weighted by Gasteiger charge is -2.35. The number of ether oxygens (including phenoxy) is 4. The van der Waals surface area contributed by atoms with Crippen molar-refractivity contribution in [2.24, 2.45) is 0 Å². The fourth-order valence-electron chi connectivity index (χ4n) is 3.70. The minimum Gasteiger partial charge on any atom is -0.493 e. The van der Waals surface area contributed by atoms with E-state index in [2.05, 4.69) is 15.0 Å². The van der Waals surface area contributed by atoms with Crippen LogP contribution in [0.2, 0.25) is 0 Å². The van der Waals surface area contributed by atoms with Gasteiger partial charge in [0, 0.05) is 25.7 Å². The van der Waals surface area contributed by atoms with Crippen molar-refractivity contribution in [1.82, 2.24) is 10.2 Å². The summed E-state index contributed by atoms with van der Waals surface area (Å²) in [6, 6.07) is 11.8. The number of benzene rings is 2. The number of halogens is 2. The molecule has 7 nitrogen and oxygen atoms in total. The van der Waals surface area contributed by atoms with Gasteiger partial charge >= 0.3 is 6.61 Å². The molecule has 1 N–H and O–H groups in total. The summed E-state index contributed by atoms with van der Waals surface area (Å²) in [6.45, 7) is 2.72. The van der Waals surface area contributed by atoms with Gasteiger partial charge in [-0.1, -0.05) is 18.2 Å². The van der Waals surface area contributed by atoms with Crippen LogP contribution < -0.4 is 19.5 Å². The van der Waals surface area contributed by atoms with Gasteiger partial charge in [-0.15, -0.1) is 0 Å². The second-order valence-corrected chi connectivity index (χ2v) is 7.53. The van der Waals surface area contributed by atoms with Gasteiger partial charge in [-0.3, -0.25) is 9.69 Å². The molecule has 0 radical (unpaired) electrons. The lowest BCUT2D eigenvalue weighted by molar-refractivity contribution is -0.116. The number of nitrogens with one attached hydrogen (secondary N) is 1. The highest BCUT2D eigenvalue weighted by Gasteiger charge is 2.24. The molecule has 1 aliphatic heterocycles. The van der Waals surface area contributed by atoms with Crippen LogP contribution in [-0.4, -0.2) is 64.0 Å². The molecular formula is C25H30F2N2O5. The van der Waals surface area contributed by atoms with Crippen molar-refractivity contribution >= 4 is 12.0 Å². The van der Waals surface area contributed by atoms with Gasteiger partial charge in [0.05, 0.1) is 33.0 Å². The molecule has 1 fully saturated rings. The van der Waals surface area contributed by atoms with E-state index in [0.717, 1.165) is 18.7 Å². The molecule has 3 rings (SSSR count). The molecule has 34 heavy (non-hydrogen) atoms. The summed E-state index contributed by atoms with van der Waals surface area (Å²) < 4.78 is 45.5. The Hall–Kier alpha value is -3.17. The normalized spacial score (nSPS) is 15.3. The molecule has 1 saturated heterocycles. The second kappa shape index (κ2) is 12.9. The van der Waals surface area contributed by atoms with Crippen molar-refractivity contribution in [3.05, 3.63) is 59.7 Å². The summed E-state index contributed by atoms with van der Waals surface area (Å²) >= 11 is 0. The molecule has 0 saturated carbocycles. The van der Waals surface area contributed by atoms with Crippen molar-refractivity contribution in [1.29, 1.82) is 0 Å². The van der Waals surface area contributed by atoms with E-state index in [9.17, 15) is 13.6 Å². The van der Waals surface area contributed by atoms with E-state index < -0.39 is 6.61 Å². The van der Waals surface area contributed by atoms with Crippen LogP contribution in [0.5, 0.6) is 17.2 Å². The average molecular weight is 477 g/mol. The summed E-state index contributed by atoms with van der Waals surface area (Å²) in [7, 11) is 1.60. The Kier molecular flexibility index (Phi) is 9.66. The van der Waals surface area contributed by atoms with E-state index >= 15 is 0 Å². The van der Waals surface area contributed by atoms with Crippen molar-refractivity contribution in [3.63, 3.8) is 0 Å². The third-order valence-corrected chi connectivity index (χ3v) is 5.36. The summed E-state index contributed by atoms with van der Waals surface area (Å²) in [4.78, 5) is 14.8. The largest absolute Gasteiger partial charge is 0.493 e. The first kappa shape index (κ1) is 25.5. The fraction of sp³-hybridized carbons (Fsp3) is 0.400. The molecule has 1 amide bonds. The Morgan fingerprint density at radius 2 is 1.88 bits per heavy atom. The number of methoxy groups -OCH3 is 1. The first-order valence-electron chi connectivity index (χ1n) is 11.1. The predicted molar refractivity (Wildman–Crippen MR) is 124 cm³/mol. The van der Waals surface area contributed by atoms with Gasteiger partial charge in [0.2, 0.25) is 5.91 Å². The molecule has 1 atom stereocenters. The number of carbonyl (C=O) groups excluding carboxylic acids is 1. The summed E-state index contributed by atoms with van der Waals surface area (Å²) in [5.41, 5.74) is 1.69. The highest BCUT2D eigenvalue weighted by atomic mass is 19.3. The molecule has 9 heteroatoms. The number of morpholine rings is 1. The molecule has 0 aromatic heterocycles. The van der Waals surface area contributed by atoms with Crippen LogP contribution in [0.1, 0.15) is 24.1 Å². The molecule has 0 spiro atoms. The van der Waals surface area contributed by atoms with Crippen LogP contribution in [0, 0.1) is 0 Å². The van der Waals surface area contributed by atoms with Gasteiger partial charge in [0.1, 0.15) is 5.75 Å². The fourth-order valence-corrected chi connectivity index (χ4v) is 3.70. The van der Waals surface area contributed by atoms with Crippen molar-refractivity contribution < 1.29 is 32.5 Å². The Morgan fingerprint density at radius 1 is 1.15 bits per heavy atom. The molecule has 1 unspecified atom stereocenters. The lowest BCUT2D eigenvalue weighted by atomic mass is 10.0. The summed E-state index contributed by atoms with van der Waals surface area (Å²) in [5, 5.41) is 2.96. The zero-order valence-electron chi connectivity index (χ0n) is 19.3. The van der Waals surface area contributed by atoms with Gasteiger partial charge in [0.25, 0.3) is 0 Å². The molecular weight excluding hydrogens is 446 g/mol. The smallest absolute Gasteiger partial charge is 0.387 e. The molecule has 184 valence electrons. The Bertz CT molecular complexity index is 947. The molecule has 1 heterocycles. The van der Waals surface area contributed by atoms with Gasteiger partial charge in [0.15, 0.2) is 11.5 Å². The topological polar surface area (TPSA) is 69.3 Å². The maximum absolute atomic E-state index is 12.5. The van der Waals surface area contributed by atoms with E-state index in [1.54, 1.807) is 25.3 Å². The molecule has 2 aromatic rings. The van der Waals surface area contributed by atoms with E-state index in [-0.39, 0.29) is 17.7 Å². The molecule has 2 aromatic carbocycles. The van der Waals surface area contributed by atoms with Crippen molar-refractivity contribution in [3.8, 4) is 17.2 Å². The van der Waals surface area contributed by atoms with Crippen LogP contribution in [0.15, 0.2) is 48.5 Å². The van der Waals surface area contributed by atoms with Crippen LogP contribution in [0.3, 0.4) is 0 Å². The average Bonchev–Trinajstić information content (AvgIpc) is 2.85. The standard InChI is InChI=1S/C25H30F2N2O5/c1-3-33-22-10-7-19(16-23(22)31-2)21(29-12-14-32-15-13-29)17-28-24(30)11-6-18-4-8-20(9-5-18)34-25(26)27/h4-11,16,21,25H,3,12-15,17H2,1-2H3,(H,28,30)/b11-6+. The zero-order chi connectivity index (χ0) is 24.3. The molecule has 1 aliphatic rings. The van der Waals surface area contributed by atoms with Gasteiger partial charge < -0.3 is 24.3 Å². The van der Waals surface area contributed by atoms with Crippen LogP contribution in [0.25, 0.3) is 6.08 Å². The molecule has 0 bridgehead atoms. The third-order valence-electron chi connectivity index (χ3n) is 5.36. The maximum Gasteiger partial charge on any atom is 0.387 e. The minimum atomic E-state index is -2.87. The number of alkyl halides is 2. The highest BCUT2D eigenvalue weighted by Crippen LogP contribution is 2.32. The number of hydrogen-bond donors (Lipinski definition) is 1. The Labute approximate surface area is 198 Å². The first-order valence-corrected chi connectivity index (χ1v) is 11.1. The number of amides is 1. The number of hydrogen-bond acceptors (Lipinski definition) is 6. The van der Waals surface area contributed by atoms with Crippen molar-refractivity contribution in [2.45, 2.75) is 19.6 Å².